The Kier molecular flexibility index (Phi) is 5.30. The van der Waals surface area contributed by atoms with Crippen molar-refractivity contribution in [1.82, 2.24) is 14.8 Å². The molecule has 1 aliphatic heterocycles. The minimum absolute atomic E-state index is 0.0719. The molecule has 1 atom stereocenters. The van der Waals surface area contributed by atoms with E-state index in [9.17, 15) is 9.59 Å². The summed E-state index contributed by atoms with van der Waals surface area (Å²) in [5.41, 5.74) is -0.115. The lowest BCUT2D eigenvalue weighted by Gasteiger charge is -2.34. The van der Waals surface area contributed by atoms with Gasteiger partial charge in [-0.15, -0.1) is 0 Å². The molecule has 128 valence electrons. The van der Waals surface area contributed by atoms with Gasteiger partial charge >= 0.3 is 0 Å². The number of carbonyl (C=O) groups excluding carboxylic acids is 1. The van der Waals surface area contributed by atoms with E-state index in [0.717, 1.165) is 24.9 Å². The number of hydrogen-bond acceptors (Lipinski definition) is 3. The average Bonchev–Trinajstić information content (AvgIpc) is 2.63. The molecule has 1 N–H and O–H groups in total. The van der Waals surface area contributed by atoms with E-state index in [4.69, 9.17) is 0 Å². The second-order valence-corrected chi connectivity index (χ2v) is 6.42. The van der Waals surface area contributed by atoms with E-state index in [-0.39, 0.29) is 18.0 Å². The van der Waals surface area contributed by atoms with Crippen LogP contribution in [0, 0.1) is 0 Å². The Labute approximate surface area is 142 Å². The van der Waals surface area contributed by atoms with Crippen molar-refractivity contribution in [2.24, 2.45) is 0 Å². The van der Waals surface area contributed by atoms with Crippen LogP contribution in [-0.4, -0.2) is 41.1 Å². The van der Waals surface area contributed by atoms with Crippen LogP contribution in [0.15, 0.2) is 41.3 Å². The first-order valence-electron chi connectivity index (χ1n) is 8.78. The zero-order chi connectivity index (χ0) is 16.9. The fraction of sp³-hybridized carbons (Fsp3) is 0.474. The maximum absolute atomic E-state index is 12.4. The van der Waals surface area contributed by atoms with Crippen LogP contribution >= 0.6 is 0 Å². The zero-order valence-corrected chi connectivity index (χ0v) is 14.2. The van der Waals surface area contributed by atoms with E-state index in [1.807, 2.05) is 24.3 Å². The SMILES string of the molecule is CCN1CCCCC1CNC(=O)Cn1ccc2ccccc2c1=O. The van der Waals surface area contributed by atoms with Crippen molar-refractivity contribution < 1.29 is 4.79 Å². The maximum Gasteiger partial charge on any atom is 0.258 e. The predicted octanol–water partition coefficient (Wildman–Crippen LogP) is 1.99. The highest BCUT2D eigenvalue weighted by Gasteiger charge is 2.21. The molecule has 0 saturated carbocycles. The minimum atomic E-state index is -0.115. The van der Waals surface area contributed by atoms with Gasteiger partial charge in [0.15, 0.2) is 0 Å². The summed E-state index contributed by atoms with van der Waals surface area (Å²) in [5, 5.41) is 4.55. The largest absolute Gasteiger partial charge is 0.353 e. The highest BCUT2D eigenvalue weighted by Crippen LogP contribution is 2.15. The Morgan fingerprint density at radius 3 is 2.92 bits per heavy atom. The van der Waals surface area contributed by atoms with E-state index in [2.05, 4.69) is 17.1 Å². The standard InChI is InChI=1S/C19H25N3O2/c1-2-21-11-6-5-8-16(21)13-20-18(23)14-22-12-10-15-7-3-4-9-17(15)19(22)24/h3-4,7,9-10,12,16H,2,5-6,8,11,13-14H2,1H3,(H,20,23). The first-order valence-corrected chi connectivity index (χ1v) is 8.78. The Morgan fingerprint density at radius 1 is 1.25 bits per heavy atom. The Balaban J connectivity index is 1.63. The number of fused-ring (bicyclic) bond motifs is 1. The van der Waals surface area contributed by atoms with Crippen molar-refractivity contribution in [2.75, 3.05) is 19.6 Å². The average molecular weight is 327 g/mol. The predicted molar refractivity (Wildman–Crippen MR) is 96.1 cm³/mol. The normalized spacial score (nSPS) is 18.6. The summed E-state index contributed by atoms with van der Waals surface area (Å²) < 4.78 is 1.48. The zero-order valence-electron chi connectivity index (χ0n) is 14.2. The lowest BCUT2D eigenvalue weighted by atomic mass is 10.0. The van der Waals surface area contributed by atoms with Crippen LogP contribution in [0.5, 0.6) is 0 Å². The summed E-state index contributed by atoms with van der Waals surface area (Å²) in [6.07, 6.45) is 5.29. The lowest BCUT2D eigenvalue weighted by Crippen LogP contribution is -2.47. The highest BCUT2D eigenvalue weighted by molar-refractivity contribution is 5.82. The van der Waals surface area contributed by atoms with Gasteiger partial charge in [0.25, 0.3) is 5.56 Å². The smallest absolute Gasteiger partial charge is 0.258 e. The number of likely N-dealkylation sites (N-methyl/N-ethyl adjacent to an activating group) is 1. The minimum Gasteiger partial charge on any atom is -0.353 e. The van der Waals surface area contributed by atoms with Crippen LogP contribution in [0.1, 0.15) is 26.2 Å². The number of rotatable bonds is 5. The number of benzene rings is 1. The number of carbonyl (C=O) groups is 1. The second kappa shape index (κ2) is 7.62. The van der Waals surface area contributed by atoms with Crippen molar-refractivity contribution in [3.8, 4) is 0 Å². The van der Waals surface area contributed by atoms with Gasteiger partial charge in [0.1, 0.15) is 6.54 Å². The number of pyridine rings is 1. The molecule has 2 heterocycles. The molecule has 1 saturated heterocycles. The molecule has 0 aliphatic carbocycles. The van der Waals surface area contributed by atoms with Gasteiger partial charge in [-0.25, -0.2) is 0 Å². The summed E-state index contributed by atoms with van der Waals surface area (Å²) in [7, 11) is 0. The van der Waals surface area contributed by atoms with E-state index in [0.29, 0.717) is 18.0 Å². The Bertz CT molecular complexity index is 769. The molecular formula is C19H25N3O2. The summed E-state index contributed by atoms with van der Waals surface area (Å²) >= 11 is 0. The Morgan fingerprint density at radius 2 is 2.08 bits per heavy atom. The van der Waals surface area contributed by atoms with Crippen molar-refractivity contribution in [3.63, 3.8) is 0 Å². The van der Waals surface area contributed by atoms with E-state index < -0.39 is 0 Å². The molecule has 1 aromatic carbocycles. The summed E-state index contributed by atoms with van der Waals surface area (Å²) in [4.78, 5) is 27.1. The fourth-order valence-electron chi connectivity index (χ4n) is 3.50. The molecule has 1 amide bonds. The van der Waals surface area contributed by atoms with Crippen molar-refractivity contribution in [3.05, 3.63) is 46.9 Å². The van der Waals surface area contributed by atoms with Crippen LogP contribution in [0.4, 0.5) is 0 Å². The molecule has 24 heavy (non-hydrogen) atoms. The van der Waals surface area contributed by atoms with Crippen molar-refractivity contribution in [2.45, 2.75) is 38.8 Å². The van der Waals surface area contributed by atoms with E-state index in [1.54, 1.807) is 12.3 Å². The molecule has 5 nitrogen and oxygen atoms in total. The van der Waals surface area contributed by atoms with Gasteiger partial charge in [-0.05, 0) is 43.5 Å². The van der Waals surface area contributed by atoms with Crippen LogP contribution in [0.2, 0.25) is 0 Å². The van der Waals surface area contributed by atoms with Crippen molar-refractivity contribution >= 4 is 16.7 Å². The molecule has 1 unspecified atom stereocenters. The summed E-state index contributed by atoms with van der Waals surface area (Å²) in [6.45, 7) is 5.03. The summed E-state index contributed by atoms with van der Waals surface area (Å²) in [6, 6.07) is 9.75. The highest BCUT2D eigenvalue weighted by atomic mass is 16.2. The van der Waals surface area contributed by atoms with Gasteiger partial charge in [0.05, 0.1) is 0 Å². The molecule has 1 aliphatic rings. The fourth-order valence-corrected chi connectivity index (χ4v) is 3.50. The number of nitrogens with zero attached hydrogens (tertiary/aromatic N) is 2. The first-order chi connectivity index (χ1) is 11.7. The van der Waals surface area contributed by atoms with Crippen LogP contribution < -0.4 is 10.9 Å². The number of likely N-dealkylation sites (tertiary alicyclic amines) is 1. The third-order valence-corrected chi connectivity index (χ3v) is 4.89. The number of aromatic nitrogens is 1. The van der Waals surface area contributed by atoms with Gasteiger partial charge < -0.3 is 9.88 Å². The molecule has 5 heteroatoms. The van der Waals surface area contributed by atoms with E-state index >= 15 is 0 Å². The monoisotopic (exact) mass is 327 g/mol. The summed E-state index contributed by atoms with van der Waals surface area (Å²) in [5.74, 6) is -0.103. The van der Waals surface area contributed by atoms with Gasteiger partial charge in [-0.2, -0.15) is 0 Å². The van der Waals surface area contributed by atoms with Gasteiger partial charge in [0, 0.05) is 24.2 Å². The third-order valence-electron chi connectivity index (χ3n) is 4.89. The molecule has 1 fully saturated rings. The molecule has 2 aromatic rings. The van der Waals surface area contributed by atoms with Gasteiger partial charge in [-0.3, -0.25) is 14.5 Å². The molecule has 1 aromatic heterocycles. The van der Waals surface area contributed by atoms with Crippen molar-refractivity contribution in [1.29, 1.82) is 0 Å². The molecule has 0 spiro atoms. The molecular weight excluding hydrogens is 302 g/mol. The number of amides is 1. The maximum atomic E-state index is 12.4. The molecule has 3 rings (SSSR count). The van der Waals surface area contributed by atoms with Gasteiger partial charge in [0.2, 0.25) is 5.91 Å². The second-order valence-electron chi connectivity index (χ2n) is 6.42. The Hall–Kier alpha value is -2.14. The van der Waals surface area contributed by atoms with Crippen LogP contribution in [0.25, 0.3) is 10.8 Å². The number of piperidine rings is 1. The first kappa shape index (κ1) is 16.7. The topological polar surface area (TPSA) is 54.3 Å². The van der Waals surface area contributed by atoms with E-state index in [1.165, 1.54) is 17.4 Å². The number of hydrogen-bond donors (Lipinski definition) is 1. The molecule has 0 bridgehead atoms. The number of nitrogens with one attached hydrogen (secondary N) is 1. The lowest BCUT2D eigenvalue weighted by molar-refractivity contribution is -0.122. The third kappa shape index (κ3) is 3.67. The quantitative estimate of drug-likeness (QED) is 0.914. The molecule has 0 radical (unpaired) electrons. The van der Waals surface area contributed by atoms with Gasteiger partial charge in [-0.1, -0.05) is 31.5 Å². The van der Waals surface area contributed by atoms with Crippen LogP contribution in [-0.2, 0) is 11.3 Å². The van der Waals surface area contributed by atoms with Crippen LogP contribution in [0.3, 0.4) is 0 Å².